The molecule has 262 valence electrons. The summed E-state index contributed by atoms with van der Waals surface area (Å²) in [6, 6.07) is 65.6. The third-order valence-electron chi connectivity index (χ3n) is 10.6. The first-order valence-electron chi connectivity index (χ1n) is 18.7. The molecule has 0 aliphatic heterocycles. The number of furan rings is 1. The molecule has 4 nitrogen and oxygen atoms in total. The van der Waals surface area contributed by atoms with E-state index < -0.39 is 0 Å². The highest BCUT2D eigenvalue weighted by Crippen LogP contribution is 2.43. The minimum absolute atomic E-state index is 0.589. The molecule has 0 spiro atoms. The highest BCUT2D eigenvalue weighted by Gasteiger charge is 2.18. The molecule has 11 rings (SSSR count). The number of hydrogen-bond acceptors (Lipinski definition) is 5. The van der Waals surface area contributed by atoms with Crippen LogP contribution in [0.15, 0.2) is 192 Å². The maximum Gasteiger partial charge on any atom is 0.164 e. The van der Waals surface area contributed by atoms with Gasteiger partial charge in [0.25, 0.3) is 0 Å². The molecular formula is C51H31N3OS. The van der Waals surface area contributed by atoms with Gasteiger partial charge in [0, 0.05) is 53.2 Å². The summed E-state index contributed by atoms with van der Waals surface area (Å²) in [5.41, 5.74) is 11.3. The summed E-state index contributed by atoms with van der Waals surface area (Å²) < 4.78 is 9.27. The zero-order valence-electron chi connectivity index (χ0n) is 30.1. The van der Waals surface area contributed by atoms with Crippen LogP contribution in [-0.2, 0) is 0 Å². The lowest BCUT2D eigenvalue weighted by Gasteiger charge is -2.11. The summed E-state index contributed by atoms with van der Waals surface area (Å²) in [6.07, 6.45) is 0. The molecule has 3 aromatic heterocycles. The van der Waals surface area contributed by atoms with Crippen LogP contribution in [0, 0.1) is 0 Å². The van der Waals surface area contributed by atoms with Crippen LogP contribution in [0.1, 0.15) is 0 Å². The quantitative estimate of drug-likeness (QED) is 0.171. The third kappa shape index (κ3) is 5.56. The molecule has 0 aliphatic rings. The predicted octanol–water partition coefficient (Wildman–Crippen LogP) is 14.1. The van der Waals surface area contributed by atoms with Gasteiger partial charge in [0.1, 0.15) is 11.2 Å². The number of rotatable bonds is 6. The number of nitrogens with zero attached hydrogens (tertiary/aromatic N) is 3. The minimum atomic E-state index is 0.589. The Morgan fingerprint density at radius 2 is 0.839 bits per heavy atom. The largest absolute Gasteiger partial charge is 0.456 e. The van der Waals surface area contributed by atoms with Gasteiger partial charge < -0.3 is 4.42 Å². The third-order valence-corrected chi connectivity index (χ3v) is 11.8. The van der Waals surface area contributed by atoms with Crippen LogP contribution >= 0.6 is 11.3 Å². The van der Waals surface area contributed by atoms with E-state index in [4.69, 9.17) is 19.4 Å². The Morgan fingerprint density at radius 1 is 0.321 bits per heavy atom. The van der Waals surface area contributed by atoms with E-state index in [1.54, 1.807) is 0 Å². The number of benzene rings is 8. The zero-order valence-corrected chi connectivity index (χ0v) is 30.9. The molecule has 0 atom stereocenters. The second-order valence-corrected chi connectivity index (χ2v) is 15.0. The lowest BCUT2D eigenvalue weighted by molar-refractivity contribution is 0.669. The van der Waals surface area contributed by atoms with Gasteiger partial charge in [-0.1, -0.05) is 152 Å². The fraction of sp³-hybridized carbons (Fsp3) is 0. The van der Waals surface area contributed by atoms with Gasteiger partial charge in [-0.2, -0.15) is 0 Å². The van der Waals surface area contributed by atoms with E-state index in [9.17, 15) is 0 Å². The Labute approximate surface area is 327 Å². The van der Waals surface area contributed by atoms with E-state index in [1.165, 1.54) is 36.9 Å². The topological polar surface area (TPSA) is 51.8 Å². The SMILES string of the molecule is c1ccc(-c2cccc(-c3nc(-c4ccccc4)nc(-c4ccc5c(c4)oc4cc(-c6ccccc6-c6cccc7c6sc6ccccc67)ccc45)n3)c2)cc1. The fourth-order valence-electron chi connectivity index (χ4n) is 7.83. The van der Waals surface area contributed by atoms with Crippen LogP contribution in [0.5, 0.6) is 0 Å². The van der Waals surface area contributed by atoms with E-state index in [0.717, 1.165) is 55.3 Å². The lowest BCUT2D eigenvalue weighted by Crippen LogP contribution is -2.00. The summed E-state index contributed by atoms with van der Waals surface area (Å²) in [7, 11) is 0. The van der Waals surface area contributed by atoms with Gasteiger partial charge in [0.2, 0.25) is 0 Å². The molecule has 0 amide bonds. The molecule has 3 heterocycles. The smallest absolute Gasteiger partial charge is 0.164 e. The van der Waals surface area contributed by atoms with Gasteiger partial charge in [0.15, 0.2) is 17.5 Å². The summed E-state index contributed by atoms with van der Waals surface area (Å²) >= 11 is 1.86. The zero-order chi connectivity index (χ0) is 37.0. The molecule has 0 N–H and O–H groups in total. The van der Waals surface area contributed by atoms with Gasteiger partial charge in [-0.15, -0.1) is 11.3 Å². The average Bonchev–Trinajstić information content (AvgIpc) is 3.85. The normalized spacial score (nSPS) is 11.6. The fourth-order valence-corrected chi connectivity index (χ4v) is 9.06. The van der Waals surface area contributed by atoms with E-state index in [2.05, 4.69) is 152 Å². The van der Waals surface area contributed by atoms with Crippen molar-refractivity contribution in [3.63, 3.8) is 0 Å². The first kappa shape index (κ1) is 32.2. The molecule has 0 fully saturated rings. The van der Waals surface area contributed by atoms with Crippen molar-refractivity contribution in [2.24, 2.45) is 0 Å². The molecule has 0 bridgehead atoms. The molecule has 0 unspecified atom stereocenters. The van der Waals surface area contributed by atoms with Crippen molar-refractivity contribution < 1.29 is 4.42 Å². The summed E-state index contributed by atoms with van der Waals surface area (Å²) in [4.78, 5) is 15.0. The Morgan fingerprint density at radius 3 is 1.61 bits per heavy atom. The molecule has 0 aliphatic carbocycles. The first-order chi connectivity index (χ1) is 27.7. The number of aromatic nitrogens is 3. The van der Waals surface area contributed by atoms with Crippen LogP contribution in [-0.4, -0.2) is 15.0 Å². The van der Waals surface area contributed by atoms with Crippen molar-refractivity contribution in [1.29, 1.82) is 0 Å². The number of fused-ring (bicyclic) bond motifs is 6. The van der Waals surface area contributed by atoms with Crippen LogP contribution in [0.3, 0.4) is 0 Å². The lowest BCUT2D eigenvalue weighted by atomic mass is 9.93. The first-order valence-corrected chi connectivity index (χ1v) is 19.5. The highest BCUT2D eigenvalue weighted by atomic mass is 32.1. The van der Waals surface area contributed by atoms with Crippen molar-refractivity contribution in [2.75, 3.05) is 0 Å². The van der Waals surface area contributed by atoms with Crippen molar-refractivity contribution in [2.45, 2.75) is 0 Å². The average molecular weight is 734 g/mol. The van der Waals surface area contributed by atoms with Gasteiger partial charge in [0.05, 0.1) is 0 Å². The summed E-state index contributed by atoms with van der Waals surface area (Å²) in [5.74, 6) is 1.83. The highest BCUT2D eigenvalue weighted by molar-refractivity contribution is 7.26. The van der Waals surface area contributed by atoms with Crippen molar-refractivity contribution in [1.82, 2.24) is 15.0 Å². The molecular weight excluding hydrogens is 703 g/mol. The van der Waals surface area contributed by atoms with E-state index in [1.807, 2.05) is 47.7 Å². The van der Waals surface area contributed by atoms with Crippen LogP contribution in [0.4, 0.5) is 0 Å². The number of thiophene rings is 1. The van der Waals surface area contributed by atoms with Crippen molar-refractivity contribution in [3.8, 4) is 67.5 Å². The van der Waals surface area contributed by atoms with Crippen LogP contribution in [0.25, 0.3) is 110 Å². The summed E-state index contributed by atoms with van der Waals surface area (Å²) in [5, 5.41) is 4.71. The Hall–Kier alpha value is -7.21. The predicted molar refractivity (Wildman–Crippen MR) is 233 cm³/mol. The van der Waals surface area contributed by atoms with Gasteiger partial charge in [-0.05, 0) is 64.2 Å². The summed E-state index contributed by atoms with van der Waals surface area (Å²) in [6.45, 7) is 0. The molecule has 5 heteroatoms. The van der Waals surface area contributed by atoms with Gasteiger partial charge in [-0.3, -0.25) is 0 Å². The van der Waals surface area contributed by atoms with E-state index in [-0.39, 0.29) is 0 Å². The Bertz CT molecular complexity index is 3260. The molecule has 0 saturated heterocycles. The number of hydrogen-bond donors (Lipinski definition) is 0. The maximum atomic E-state index is 6.66. The van der Waals surface area contributed by atoms with Crippen molar-refractivity contribution in [3.05, 3.63) is 188 Å². The molecule has 0 saturated carbocycles. The maximum absolute atomic E-state index is 6.66. The minimum Gasteiger partial charge on any atom is -0.456 e. The molecule has 56 heavy (non-hydrogen) atoms. The Kier molecular flexibility index (Phi) is 7.64. The molecule has 0 radical (unpaired) electrons. The van der Waals surface area contributed by atoms with E-state index >= 15 is 0 Å². The van der Waals surface area contributed by atoms with E-state index in [0.29, 0.717) is 17.5 Å². The Balaban J connectivity index is 1.01. The molecule has 11 aromatic rings. The van der Waals surface area contributed by atoms with Crippen LogP contribution in [0.2, 0.25) is 0 Å². The van der Waals surface area contributed by atoms with Crippen molar-refractivity contribution >= 4 is 53.4 Å². The monoisotopic (exact) mass is 733 g/mol. The van der Waals surface area contributed by atoms with Crippen LogP contribution < -0.4 is 0 Å². The standard InChI is InChI=1S/C51H31N3OS/c1-3-13-32(14-4-1)34-17-11-18-36(29-34)50-52-49(33-15-5-2-6-16-33)53-51(54-50)37-26-28-41-40-27-25-35(30-45(40)55-46(41)31-37)38-19-7-8-20-39(38)43-22-12-23-44-42-21-9-10-24-47(42)56-48(43)44/h1-31H. The van der Waals surface area contributed by atoms with Gasteiger partial charge in [-0.25, -0.2) is 15.0 Å². The second kappa shape index (κ2) is 13.3. The second-order valence-electron chi connectivity index (χ2n) is 14.0. The molecule has 8 aromatic carbocycles. The van der Waals surface area contributed by atoms with Gasteiger partial charge >= 0.3 is 0 Å².